The van der Waals surface area contributed by atoms with E-state index in [-0.39, 0.29) is 5.57 Å². The molecule has 76 valence electrons. The van der Waals surface area contributed by atoms with Crippen molar-refractivity contribution < 1.29 is 24.2 Å². The topological polar surface area (TPSA) is 80.7 Å². The molecule has 0 bridgehead atoms. The van der Waals surface area contributed by atoms with Gasteiger partial charge in [0.25, 0.3) is 0 Å². The molecule has 0 atom stereocenters. The zero-order valence-electron chi connectivity index (χ0n) is 8.08. The normalized spacial score (nSPS) is 8.50. The summed E-state index contributed by atoms with van der Waals surface area (Å²) in [6, 6.07) is 0. The molecule has 0 aliphatic rings. The molecule has 0 unspecified atom stereocenters. The van der Waals surface area contributed by atoms with Crippen LogP contribution in [0.3, 0.4) is 0 Å². The number of allylic oxidation sites excluding steroid dienone is 1. The number of carbonyl (C=O) groups is 2. The van der Waals surface area contributed by atoms with Crippen molar-refractivity contribution in [3.8, 4) is 0 Å². The maximum atomic E-state index is 11.0. The number of rotatable bonds is 3. The monoisotopic (exact) mass is 198 g/mol. The molecular formula is C9H10O5. The second-order valence-electron chi connectivity index (χ2n) is 2.65. The van der Waals surface area contributed by atoms with Gasteiger partial charge in [0.2, 0.25) is 0 Å². The Morgan fingerprint density at radius 2 is 1.79 bits per heavy atom. The summed E-state index contributed by atoms with van der Waals surface area (Å²) in [5, 5.41) is 8.72. The van der Waals surface area contributed by atoms with E-state index < -0.39 is 17.5 Å². The molecule has 0 spiro atoms. The minimum atomic E-state index is -1.35. The van der Waals surface area contributed by atoms with Gasteiger partial charge in [0.15, 0.2) is 5.57 Å². The summed E-state index contributed by atoms with van der Waals surface area (Å²) in [7, 11) is 1.06. The highest BCUT2D eigenvalue weighted by molar-refractivity contribution is 6.12. The number of ether oxygens (including phenoxy) is 1. The lowest BCUT2D eigenvalue weighted by molar-refractivity contribution is -0.138. The van der Waals surface area contributed by atoms with Crippen LogP contribution in [0.5, 0.6) is 0 Å². The lowest BCUT2D eigenvalue weighted by atomic mass is 10.0. The Kier molecular flexibility index (Phi) is 4.32. The molecule has 0 aromatic rings. The van der Waals surface area contributed by atoms with Crippen LogP contribution >= 0.6 is 0 Å². The van der Waals surface area contributed by atoms with Gasteiger partial charge in [-0.1, -0.05) is 5.57 Å². The fourth-order valence-electron chi connectivity index (χ4n) is 0.868. The van der Waals surface area contributed by atoms with E-state index in [1.807, 2.05) is 0 Å². The Morgan fingerprint density at radius 1 is 1.29 bits per heavy atom. The Bertz CT molecular complexity index is 340. The van der Waals surface area contributed by atoms with Crippen LogP contribution in [-0.4, -0.2) is 30.1 Å². The zero-order valence-corrected chi connectivity index (χ0v) is 8.08. The molecule has 0 saturated heterocycles. The number of methoxy groups -OCH3 is 1. The van der Waals surface area contributed by atoms with E-state index in [9.17, 15) is 14.4 Å². The van der Waals surface area contributed by atoms with Gasteiger partial charge in [0, 0.05) is 0 Å². The molecule has 14 heavy (non-hydrogen) atoms. The van der Waals surface area contributed by atoms with E-state index in [0.717, 1.165) is 7.11 Å². The number of carboxylic acids is 1. The van der Waals surface area contributed by atoms with Crippen LogP contribution in [0.25, 0.3) is 0 Å². The molecule has 0 rings (SSSR count). The van der Waals surface area contributed by atoms with Gasteiger partial charge < -0.3 is 9.84 Å². The van der Waals surface area contributed by atoms with Gasteiger partial charge in [-0.25, -0.2) is 14.4 Å². The summed E-state index contributed by atoms with van der Waals surface area (Å²) >= 11 is 0. The Labute approximate surface area is 80.7 Å². The van der Waals surface area contributed by atoms with Crippen molar-refractivity contribution in [2.45, 2.75) is 13.8 Å². The molecule has 0 aromatic carbocycles. The maximum absolute atomic E-state index is 11.0. The molecule has 0 radical (unpaired) electrons. The van der Waals surface area contributed by atoms with Gasteiger partial charge in [0.1, 0.15) is 5.94 Å². The van der Waals surface area contributed by atoms with E-state index >= 15 is 0 Å². The van der Waals surface area contributed by atoms with Crippen molar-refractivity contribution in [3.05, 3.63) is 16.7 Å². The second kappa shape index (κ2) is 4.99. The Balaban J connectivity index is 5.45. The van der Waals surface area contributed by atoms with E-state index in [4.69, 9.17) is 5.11 Å². The molecule has 0 amide bonds. The summed E-state index contributed by atoms with van der Waals surface area (Å²) in [5.74, 6) is -1.09. The first kappa shape index (κ1) is 12.1. The minimum Gasteiger partial charge on any atom is -0.478 e. The molecule has 0 aliphatic heterocycles. The van der Waals surface area contributed by atoms with Gasteiger partial charge in [-0.3, -0.25) is 0 Å². The number of hydrogen-bond acceptors (Lipinski definition) is 4. The highest BCUT2D eigenvalue weighted by atomic mass is 16.5. The van der Waals surface area contributed by atoms with Crippen LogP contribution in [0, 0.1) is 0 Å². The molecule has 0 heterocycles. The van der Waals surface area contributed by atoms with E-state index in [0.29, 0.717) is 5.57 Å². The zero-order chi connectivity index (χ0) is 11.3. The van der Waals surface area contributed by atoms with Crippen LogP contribution in [0.1, 0.15) is 13.8 Å². The third-order valence-electron chi connectivity index (χ3n) is 1.46. The van der Waals surface area contributed by atoms with Crippen LogP contribution in [-0.2, 0) is 19.1 Å². The lowest BCUT2D eigenvalue weighted by Gasteiger charge is -2.03. The fourth-order valence-corrected chi connectivity index (χ4v) is 0.868. The van der Waals surface area contributed by atoms with Gasteiger partial charge in [-0.15, -0.1) is 0 Å². The maximum Gasteiger partial charge on any atom is 0.350 e. The van der Waals surface area contributed by atoms with Crippen LogP contribution in [0.4, 0.5) is 0 Å². The van der Waals surface area contributed by atoms with Crippen LogP contribution < -0.4 is 0 Å². The van der Waals surface area contributed by atoms with Crippen molar-refractivity contribution in [2.24, 2.45) is 0 Å². The SMILES string of the molecule is COC(=O)C(=C=O)C(C(=O)O)=C(C)C. The van der Waals surface area contributed by atoms with Crippen molar-refractivity contribution in [1.82, 2.24) is 0 Å². The predicted octanol–water partition coefficient (Wildman–Crippen LogP) is 0.338. The lowest BCUT2D eigenvalue weighted by Crippen LogP contribution is -2.15. The van der Waals surface area contributed by atoms with E-state index in [1.54, 1.807) is 0 Å². The Morgan fingerprint density at radius 3 is 2.00 bits per heavy atom. The summed E-state index contributed by atoms with van der Waals surface area (Å²) in [4.78, 5) is 32.1. The quantitative estimate of drug-likeness (QED) is 0.306. The number of hydrogen-bond donors (Lipinski definition) is 1. The largest absolute Gasteiger partial charge is 0.478 e. The minimum absolute atomic E-state index is 0.334. The van der Waals surface area contributed by atoms with E-state index in [1.165, 1.54) is 19.8 Å². The molecule has 5 heteroatoms. The molecule has 0 aromatic heterocycles. The Hall–Kier alpha value is -1.87. The first-order chi connectivity index (χ1) is 6.45. The summed E-state index contributed by atoms with van der Waals surface area (Å²) in [5.41, 5.74) is -0.631. The third-order valence-corrected chi connectivity index (χ3v) is 1.46. The molecule has 5 nitrogen and oxygen atoms in total. The number of carboxylic acid groups (broad SMARTS) is 1. The third kappa shape index (κ3) is 2.57. The first-order valence-corrected chi connectivity index (χ1v) is 3.70. The second-order valence-corrected chi connectivity index (χ2v) is 2.65. The molecule has 0 fully saturated rings. The molecule has 0 aliphatic carbocycles. The van der Waals surface area contributed by atoms with Gasteiger partial charge in [0.05, 0.1) is 12.7 Å². The molecule has 1 N–H and O–H groups in total. The van der Waals surface area contributed by atoms with Gasteiger partial charge in [-0.2, -0.15) is 0 Å². The molecule has 0 saturated carbocycles. The summed E-state index contributed by atoms with van der Waals surface area (Å²) in [6.45, 7) is 2.95. The van der Waals surface area contributed by atoms with Crippen molar-refractivity contribution in [3.63, 3.8) is 0 Å². The van der Waals surface area contributed by atoms with Gasteiger partial charge >= 0.3 is 11.9 Å². The van der Waals surface area contributed by atoms with E-state index in [2.05, 4.69) is 4.74 Å². The van der Waals surface area contributed by atoms with Crippen molar-refractivity contribution in [2.75, 3.05) is 7.11 Å². The number of carbonyl (C=O) groups excluding carboxylic acids is 2. The van der Waals surface area contributed by atoms with Crippen LogP contribution in [0.2, 0.25) is 0 Å². The summed E-state index contributed by atoms with van der Waals surface area (Å²) < 4.78 is 4.25. The highest BCUT2D eigenvalue weighted by Crippen LogP contribution is 2.13. The predicted molar refractivity (Wildman–Crippen MR) is 47.2 cm³/mol. The van der Waals surface area contributed by atoms with Crippen molar-refractivity contribution in [1.29, 1.82) is 0 Å². The van der Waals surface area contributed by atoms with Crippen molar-refractivity contribution >= 4 is 17.9 Å². The molecular weight excluding hydrogens is 188 g/mol. The average molecular weight is 198 g/mol. The van der Waals surface area contributed by atoms with Gasteiger partial charge in [-0.05, 0) is 13.8 Å². The van der Waals surface area contributed by atoms with Crippen LogP contribution in [0.15, 0.2) is 16.7 Å². The first-order valence-electron chi connectivity index (χ1n) is 3.70. The highest BCUT2D eigenvalue weighted by Gasteiger charge is 2.23. The number of esters is 1. The average Bonchev–Trinajstić information content (AvgIpc) is 2.11. The number of aliphatic carboxylic acids is 1. The standard InChI is InChI=1S/C9H10O5/c1-5(2)7(8(11)12)6(4-10)9(13)14-3/h1-3H3,(H,11,12). The summed E-state index contributed by atoms with van der Waals surface area (Å²) in [6.07, 6.45) is 0. The fraction of sp³-hybridized carbons (Fsp3) is 0.333. The smallest absolute Gasteiger partial charge is 0.350 e.